The molecule has 0 radical (unpaired) electrons. The van der Waals surface area contributed by atoms with E-state index in [1.165, 1.54) is 25.1 Å². The molecule has 0 saturated heterocycles. The summed E-state index contributed by atoms with van der Waals surface area (Å²) in [6.45, 7) is 8.10. The molecule has 0 aromatic heterocycles. The quantitative estimate of drug-likeness (QED) is 0.590. The fourth-order valence-electron chi connectivity index (χ4n) is 1.96. The lowest BCUT2D eigenvalue weighted by atomic mass is 10.2. The molecule has 0 aliphatic heterocycles. The summed E-state index contributed by atoms with van der Waals surface area (Å²) in [6.07, 6.45) is -1.25. The lowest BCUT2D eigenvalue weighted by molar-refractivity contribution is -0.127. The molecule has 1 unspecified atom stereocenters. The van der Waals surface area contributed by atoms with Gasteiger partial charge < -0.3 is 10.1 Å². The summed E-state index contributed by atoms with van der Waals surface area (Å²) in [5, 5.41) is 4.52. The topological polar surface area (TPSA) is 131 Å². The Hall–Kier alpha value is -2.46. The lowest BCUT2D eigenvalue weighted by Gasteiger charge is -2.15. The first-order valence-corrected chi connectivity index (χ1v) is 9.85. The van der Waals surface area contributed by atoms with E-state index in [0.717, 1.165) is 6.07 Å². The summed E-state index contributed by atoms with van der Waals surface area (Å²) in [7, 11) is -3.78. The van der Waals surface area contributed by atoms with Gasteiger partial charge in [-0.05, 0) is 52.8 Å². The predicted molar refractivity (Wildman–Crippen MR) is 98.6 cm³/mol. The number of hydrogen-bond acceptors (Lipinski definition) is 6. The minimum absolute atomic E-state index is 0.0343. The lowest BCUT2D eigenvalue weighted by Crippen LogP contribution is -2.46. The molecule has 0 bridgehead atoms. The molecule has 9 nitrogen and oxygen atoms in total. The van der Waals surface area contributed by atoms with Crippen molar-refractivity contribution in [3.05, 3.63) is 29.8 Å². The third-order valence-corrected chi connectivity index (χ3v) is 4.74. The second kappa shape index (κ2) is 9.47. The van der Waals surface area contributed by atoms with Crippen molar-refractivity contribution in [3.8, 4) is 0 Å². The first kappa shape index (κ1) is 22.6. The number of nitrogens with one attached hydrogen (secondary N) is 3. The smallest absolute Gasteiger partial charge is 0.338 e. The van der Waals surface area contributed by atoms with Gasteiger partial charge in [0.2, 0.25) is 10.0 Å². The Balaban J connectivity index is 2.81. The first-order chi connectivity index (χ1) is 12.4. The molecule has 1 rings (SSSR count). The molecule has 0 spiro atoms. The third kappa shape index (κ3) is 7.35. The van der Waals surface area contributed by atoms with Crippen LogP contribution in [0.15, 0.2) is 29.2 Å². The molecule has 0 heterocycles. The number of carbonyl (C=O) groups is 3. The van der Waals surface area contributed by atoms with Crippen LogP contribution in [0.1, 0.15) is 45.0 Å². The Bertz CT molecular complexity index is 805. The minimum atomic E-state index is -3.78. The SMILES string of the molecule is CC(C)NC(=O)NC(=O)C(C)OC(=O)c1cccc(S(=O)(=O)NC(C)C)c1. The average molecular weight is 399 g/mol. The largest absolute Gasteiger partial charge is 0.449 e. The number of esters is 1. The van der Waals surface area contributed by atoms with Gasteiger partial charge in [-0.2, -0.15) is 0 Å². The summed E-state index contributed by atoms with van der Waals surface area (Å²) in [4.78, 5) is 35.5. The molecular weight excluding hydrogens is 374 g/mol. The van der Waals surface area contributed by atoms with E-state index < -0.39 is 34.0 Å². The zero-order valence-electron chi connectivity index (χ0n) is 15.9. The number of hydrogen-bond donors (Lipinski definition) is 3. The van der Waals surface area contributed by atoms with E-state index >= 15 is 0 Å². The van der Waals surface area contributed by atoms with Crippen molar-refractivity contribution < 1.29 is 27.5 Å². The molecule has 0 saturated carbocycles. The standard InChI is InChI=1S/C17H25N3O6S/c1-10(2)18-17(23)19-15(21)12(5)26-16(22)13-7-6-8-14(9-13)27(24,25)20-11(3)4/h6-12,20H,1-5H3,(H2,18,19,21,23). The Morgan fingerprint density at radius 1 is 1.00 bits per heavy atom. The van der Waals surface area contributed by atoms with Crippen LogP contribution in [-0.2, 0) is 19.6 Å². The van der Waals surface area contributed by atoms with Crippen LogP contribution >= 0.6 is 0 Å². The highest BCUT2D eigenvalue weighted by atomic mass is 32.2. The number of ether oxygens (including phenoxy) is 1. The van der Waals surface area contributed by atoms with Gasteiger partial charge in [0.1, 0.15) is 0 Å². The molecule has 3 N–H and O–H groups in total. The van der Waals surface area contributed by atoms with Crippen LogP contribution in [0, 0.1) is 0 Å². The van der Waals surface area contributed by atoms with E-state index in [0.29, 0.717) is 0 Å². The zero-order chi connectivity index (χ0) is 20.8. The van der Waals surface area contributed by atoms with Crippen LogP contribution in [0.25, 0.3) is 0 Å². The number of rotatable bonds is 7. The number of sulfonamides is 1. The molecule has 1 aromatic rings. The van der Waals surface area contributed by atoms with Crippen LogP contribution in [0.5, 0.6) is 0 Å². The highest BCUT2D eigenvalue weighted by Crippen LogP contribution is 2.13. The molecule has 3 amide bonds. The van der Waals surface area contributed by atoms with E-state index in [1.807, 2.05) is 0 Å². The van der Waals surface area contributed by atoms with Gasteiger partial charge in [0.15, 0.2) is 6.10 Å². The van der Waals surface area contributed by atoms with Gasteiger partial charge in [-0.25, -0.2) is 22.7 Å². The molecule has 0 aliphatic rings. The van der Waals surface area contributed by atoms with Crippen molar-refractivity contribution in [1.82, 2.24) is 15.4 Å². The number of amides is 3. The Morgan fingerprint density at radius 2 is 1.63 bits per heavy atom. The Kier molecular flexibility index (Phi) is 7.92. The second-order valence-corrected chi connectivity index (χ2v) is 8.18. The van der Waals surface area contributed by atoms with E-state index in [1.54, 1.807) is 27.7 Å². The molecule has 10 heteroatoms. The van der Waals surface area contributed by atoms with Gasteiger partial charge in [-0.3, -0.25) is 10.1 Å². The maximum absolute atomic E-state index is 12.2. The van der Waals surface area contributed by atoms with Crippen molar-refractivity contribution in [2.24, 2.45) is 0 Å². The summed E-state index contributed by atoms with van der Waals surface area (Å²) < 4.78 is 31.8. The fraction of sp³-hybridized carbons (Fsp3) is 0.471. The molecular formula is C17H25N3O6S. The van der Waals surface area contributed by atoms with Crippen molar-refractivity contribution in [1.29, 1.82) is 0 Å². The zero-order valence-corrected chi connectivity index (χ0v) is 16.7. The highest BCUT2D eigenvalue weighted by molar-refractivity contribution is 7.89. The Labute approximate surface area is 158 Å². The van der Waals surface area contributed by atoms with Crippen LogP contribution in [0.2, 0.25) is 0 Å². The van der Waals surface area contributed by atoms with Crippen LogP contribution in [0.4, 0.5) is 4.79 Å². The molecule has 0 aliphatic carbocycles. The summed E-state index contributed by atoms with van der Waals surface area (Å²) >= 11 is 0. The number of carbonyl (C=O) groups excluding carboxylic acids is 3. The van der Waals surface area contributed by atoms with Gasteiger partial charge in [0, 0.05) is 12.1 Å². The van der Waals surface area contributed by atoms with Gasteiger partial charge >= 0.3 is 12.0 Å². The maximum atomic E-state index is 12.2. The maximum Gasteiger partial charge on any atom is 0.338 e. The van der Waals surface area contributed by atoms with Gasteiger partial charge in [-0.15, -0.1) is 0 Å². The van der Waals surface area contributed by atoms with Crippen molar-refractivity contribution >= 4 is 27.9 Å². The van der Waals surface area contributed by atoms with Gasteiger partial charge in [0.05, 0.1) is 10.5 Å². The summed E-state index contributed by atoms with van der Waals surface area (Å²) in [6, 6.07) is 4.08. The van der Waals surface area contributed by atoms with Crippen molar-refractivity contribution in [3.63, 3.8) is 0 Å². The molecule has 27 heavy (non-hydrogen) atoms. The highest BCUT2D eigenvalue weighted by Gasteiger charge is 2.22. The normalized spacial score (nSPS) is 12.6. The summed E-state index contributed by atoms with van der Waals surface area (Å²) in [5.41, 5.74) is -0.0343. The van der Waals surface area contributed by atoms with Crippen LogP contribution in [-0.4, -0.2) is 44.5 Å². The summed E-state index contributed by atoms with van der Waals surface area (Å²) in [5.74, 6) is -1.68. The molecule has 1 aromatic carbocycles. The van der Waals surface area contributed by atoms with Crippen LogP contribution < -0.4 is 15.4 Å². The molecule has 1 atom stereocenters. The number of benzene rings is 1. The molecule has 0 fully saturated rings. The monoisotopic (exact) mass is 399 g/mol. The first-order valence-electron chi connectivity index (χ1n) is 8.37. The molecule has 150 valence electrons. The van der Waals surface area contributed by atoms with E-state index in [2.05, 4.69) is 15.4 Å². The van der Waals surface area contributed by atoms with Crippen molar-refractivity contribution in [2.75, 3.05) is 0 Å². The van der Waals surface area contributed by atoms with Crippen molar-refractivity contribution in [2.45, 2.75) is 57.7 Å². The predicted octanol–water partition coefficient (Wildman–Crippen LogP) is 1.15. The van der Waals surface area contributed by atoms with Gasteiger partial charge in [-0.1, -0.05) is 6.07 Å². The minimum Gasteiger partial charge on any atom is -0.449 e. The average Bonchev–Trinajstić information content (AvgIpc) is 2.52. The second-order valence-electron chi connectivity index (χ2n) is 6.47. The number of imide groups is 1. The van der Waals surface area contributed by atoms with Crippen LogP contribution in [0.3, 0.4) is 0 Å². The van der Waals surface area contributed by atoms with E-state index in [4.69, 9.17) is 4.74 Å². The van der Waals surface area contributed by atoms with Gasteiger partial charge in [0.25, 0.3) is 5.91 Å². The fourth-order valence-corrected chi connectivity index (χ4v) is 3.26. The Morgan fingerprint density at radius 3 is 2.19 bits per heavy atom. The third-order valence-electron chi connectivity index (χ3n) is 3.08. The van der Waals surface area contributed by atoms with E-state index in [-0.39, 0.29) is 22.5 Å². The number of urea groups is 1. The van der Waals surface area contributed by atoms with E-state index in [9.17, 15) is 22.8 Å².